The molecule has 1 atom stereocenters. The van der Waals surface area contributed by atoms with Crippen molar-refractivity contribution in [2.24, 2.45) is 0 Å². The Labute approximate surface area is 204 Å². The Morgan fingerprint density at radius 3 is 2.29 bits per heavy atom. The van der Waals surface area contributed by atoms with Gasteiger partial charge < -0.3 is 10.2 Å². The molecule has 0 aliphatic carbocycles. The van der Waals surface area contributed by atoms with Gasteiger partial charge in [0.25, 0.3) is 5.91 Å². The number of benzene rings is 3. The van der Waals surface area contributed by atoms with Crippen LogP contribution in [0.15, 0.2) is 90.2 Å². The fourth-order valence-corrected chi connectivity index (χ4v) is 5.14. The molecular weight excluding hydrogens is 467 g/mol. The number of phenolic OH excluding ortho intramolecular Hbond substituents is 1. The van der Waals surface area contributed by atoms with E-state index in [0.29, 0.717) is 26.8 Å². The first-order chi connectivity index (χ1) is 16.8. The maximum atomic E-state index is 13.8. The van der Waals surface area contributed by atoms with Crippen LogP contribution in [0.4, 0.5) is 10.1 Å². The standard InChI is InChI=1S/C27H19FN2O4S/c1-15-25(35-26(29-15)17-5-3-2-4-6-17)23(32)21-22(16-7-13-20(31)14-8-16)30(27(34)24(21)33)19-11-9-18(28)10-12-19/h2-14,22,31,33H,1H3. The maximum absolute atomic E-state index is 13.8. The van der Waals surface area contributed by atoms with E-state index in [1.807, 2.05) is 30.3 Å². The van der Waals surface area contributed by atoms with Crippen molar-refractivity contribution in [3.63, 3.8) is 0 Å². The highest BCUT2D eigenvalue weighted by Crippen LogP contribution is 2.43. The first-order valence-corrected chi connectivity index (χ1v) is 11.6. The van der Waals surface area contributed by atoms with E-state index in [-0.39, 0.29) is 11.3 Å². The van der Waals surface area contributed by atoms with Gasteiger partial charge in [-0.2, -0.15) is 0 Å². The smallest absolute Gasteiger partial charge is 0.294 e. The highest BCUT2D eigenvalue weighted by atomic mass is 32.1. The van der Waals surface area contributed by atoms with Gasteiger partial charge in [-0.15, -0.1) is 11.3 Å². The number of amides is 1. The maximum Gasteiger partial charge on any atom is 0.294 e. The quantitative estimate of drug-likeness (QED) is 0.351. The summed E-state index contributed by atoms with van der Waals surface area (Å²) in [4.78, 5) is 33.1. The van der Waals surface area contributed by atoms with Crippen LogP contribution >= 0.6 is 11.3 Å². The van der Waals surface area contributed by atoms with Crippen molar-refractivity contribution < 1.29 is 24.2 Å². The molecule has 2 N–H and O–H groups in total. The summed E-state index contributed by atoms with van der Waals surface area (Å²) in [5.74, 6) is -2.44. The van der Waals surface area contributed by atoms with Crippen molar-refractivity contribution in [3.8, 4) is 16.3 Å². The lowest BCUT2D eigenvalue weighted by molar-refractivity contribution is -0.117. The van der Waals surface area contributed by atoms with Crippen LogP contribution < -0.4 is 4.90 Å². The Balaban J connectivity index is 1.63. The third kappa shape index (κ3) is 3.98. The lowest BCUT2D eigenvalue weighted by atomic mass is 9.94. The molecule has 174 valence electrons. The molecule has 1 aromatic heterocycles. The van der Waals surface area contributed by atoms with Gasteiger partial charge in [-0.1, -0.05) is 42.5 Å². The fraction of sp³-hybridized carbons (Fsp3) is 0.0741. The monoisotopic (exact) mass is 486 g/mol. The van der Waals surface area contributed by atoms with Crippen molar-refractivity contribution in [2.45, 2.75) is 13.0 Å². The lowest BCUT2D eigenvalue weighted by Gasteiger charge is -2.27. The summed E-state index contributed by atoms with van der Waals surface area (Å²) in [6.07, 6.45) is 0. The summed E-state index contributed by atoms with van der Waals surface area (Å²) < 4.78 is 13.6. The first kappa shape index (κ1) is 22.5. The molecule has 0 fully saturated rings. The van der Waals surface area contributed by atoms with Gasteiger partial charge in [-0.25, -0.2) is 9.37 Å². The number of hydrogen-bond acceptors (Lipinski definition) is 6. The Hall–Kier alpha value is -4.30. The average molecular weight is 487 g/mol. The molecule has 35 heavy (non-hydrogen) atoms. The van der Waals surface area contributed by atoms with Crippen LogP contribution in [-0.2, 0) is 4.79 Å². The second-order valence-corrected chi connectivity index (χ2v) is 9.04. The van der Waals surface area contributed by atoms with E-state index >= 15 is 0 Å². The minimum atomic E-state index is -0.984. The summed E-state index contributed by atoms with van der Waals surface area (Å²) in [5, 5.41) is 21.3. The number of anilines is 1. The van der Waals surface area contributed by atoms with Crippen LogP contribution in [-0.4, -0.2) is 26.9 Å². The summed E-state index contributed by atoms with van der Waals surface area (Å²) in [6, 6.07) is 19.7. The molecule has 8 heteroatoms. The number of thiazole rings is 1. The number of ketones is 1. The molecule has 1 aliphatic heterocycles. The molecule has 3 aromatic carbocycles. The molecule has 6 nitrogen and oxygen atoms in total. The van der Waals surface area contributed by atoms with E-state index in [1.54, 1.807) is 19.1 Å². The molecule has 0 saturated heterocycles. The predicted octanol–water partition coefficient (Wildman–Crippen LogP) is 5.75. The zero-order chi connectivity index (χ0) is 24.7. The second kappa shape index (κ2) is 8.81. The number of aromatic hydroxyl groups is 1. The molecule has 1 amide bonds. The SMILES string of the molecule is Cc1nc(-c2ccccc2)sc1C(=O)C1=C(O)C(=O)N(c2ccc(F)cc2)C1c1ccc(O)cc1. The number of phenols is 1. The zero-order valence-corrected chi connectivity index (χ0v) is 19.3. The highest BCUT2D eigenvalue weighted by Gasteiger charge is 2.45. The Bertz CT molecular complexity index is 1460. The third-order valence-electron chi connectivity index (χ3n) is 5.79. The third-order valence-corrected chi connectivity index (χ3v) is 7.00. The number of halogens is 1. The van der Waals surface area contributed by atoms with Crippen LogP contribution in [0.5, 0.6) is 5.75 Å². The van der Waals surface area contributed by atoms with Crippen LogP contribution in [0.2, 0.25) is 0 Å². The largest absolute Gasteiger partial charge is 0.508 e. The van der Waals surface area contributed by atoms with E-state index in [2.05, 4.69) is 4.98 Å². The van der Waals surface area contributed by atoms with Gasteiger partial charge in [0.2, 0.25) is 5.78 Å². The van der Waals surface area contributed by atoms with Crippen molar-refractivity contribution in [1.82, 2.24) is 4.98 Å². The minimum Gasteiger partial charge on any atom is -0.508 e. The average Bonchev–Trinajstić information content (AvgIpc) is 3.38. The predicted molar refractivity (Wildman–Crippen MR) is 131 cm³/mol. The molecule has 0 spiro atoms. The number of aryl methyl sites for hydroxylation is 1. The van der Waals surface area contributed by atoms with E-state index in [1.165, 1.54) is 52.6 Å². The Morgan fingerprint density at radius 2 is 1.63 bits per heavy atom. The summed E-state index contributed by atoms with van der Waals surface area (Å²) in [7, 11) is 0. The number of aliphatic hydroxyl groups excluding tert-OH is 1. The Kier molecular flexibility index (Phi) is 5.66. The number of aromatic nitrogens is 1. The summed E-state index contributed by atoms with van der Waals surface area (Å²) >= 11 is 1.18. The van der Waals surface area contributed by atoms with Crippen LogP contribution in [0, 0.1) is 12.7 Å². The van der Waals surface area contributed by atoms with Gasteiger partial charge in [0, 0.05) is 11.3 Å². The molecule has 1 aliphatic rings. The van der Waals surface area contributed by atoms with Crippen molar-refractivity contribution in [3.05, 3.63) is 112 Å². The fourth-order valence-electron chi connectivity index (χ4n) is 4.11. The number of aliphatic hydroxyl groups is 1. The van der Waals surface area contributed by atoms with Crippen molar-refractivity contribution >= 4 is 28.7 Å². The van der Waals surface area contributed by atoms with Gasteiger partial charge >= 0.3 is 0 Å². The highest BCUT2D eigenvalue weighted by molar-refractivity contribution is 7.17. The van der Waals surface area contributed by atoms with Gasteiger partial charge in [0.05, 0.1) is 22.2 Å². The van der Waals surface area contributed by atoms with Gasteiger partial charge in [0.15, 0.2) is 5.76 Å². The van der Waals surface area contributed by atoms with E-state index in [0.717, 1.165) is 5.56 Å². The number of carbonyl (C=O) groups excluding carboxylic acids is 2. The molecule has 2 heterocycles. The molecule has 1 unspecified atom stereocenters. The van der Waals surface area contributed by atoms with Gasteiger partial charge in [0.1, 0.15) is 16.6 Å². The summed E-state index contributed by atoms with van der Waals surface area (Å²) in [5.41, 5.74) is 2.05. The van der Waals surface area contributed by atoms with Crippen molar-refractivity contribution in [2.75, 3.05) is 4.90 Å². The Morgan fingerprint density at radius 1 is 0.971 bits per heavy atom. The van der Waals surface area contributed by atoms with E-state index in [4.69, 9.17) is 0 Å². The van der Waals surface area contributed by atoms with Gasteiger partial charge in [-0.3, -0.25) is 14.5 Å². The molecule has 5 rings (SSSR count). The number of rotatable bonds is 5. The molecule has 0 bridgehead atoms. The number of hydrogen-bond donors (Lipinski definition) is 2. The topological polar surface area (TPSA) is 90.7 Å². The lowest BCUT2D eigenvalue weighted by Crippen LogP contribution is -2.31. The number of Topliss-reactive ketones (excluding diaryl/α,β-unsaturated/α-hetero) is 1. The minimum absolute atomic E-state index is 0.0123. The van der Waals surface area contributed by atoms with Crippen LogP contribution in [0.1, 0.15) is 27.0 Å². The summed E-state index contributed by atoms with van der Waals surface area (Å²) in [6.45, 7) is 1.71. The molecule has 4 aromatic rings. The second-order valence-electron chi connectivity index (χ2n) is 8.04. The number of carbonyl (C=O) groups is 2. The van der Waals surface area contributed by atoms with Crippen LogP contribution in [0.25, 0.3) is 10.6 Å². The molecule has 0 saturated carbocycles. The first-order valence-electron chi connectivity index (χ1n) is 10.7. The van der Waals surface area contributed by atoms with Crippen LogP contribution in [0.3, 0.4) is 0 Å². The molecule has 0 radical (unpaired) electrons. The van der Waals surface area contributed by atoms with Crippen molar-refractivity contribution in [1.29, 1.82) is 0 Å². The zero-order valence-electron chi connectivity index (χ0n) is 18.5. The van der Waals surface area contributed by atoms with Gasteiger partial charge in [-0.05, 0) is 48.9 Å². The number of nitrogens with zero attached hydrogens (tertiary/aromatic N) is 2. The molecular formula is C27H19FN2O4S. The van der Waals surface area contributed by atoms with E-state index < -0.39 is 29.3 Å². The normalized spacial score (nSPS) is 15.7. The van der Waals surface area contributed by atoms with E-state index in [9.17, 15) is 24.2 Å².